The van der Waals surface area contributed by atoms with E-state index in [1.165, 1.54) is 51.4 Å². The van der Waals surface area contributed by atoms with E-state index in [0.29, 0.717) is 5.92 Å². The van der Waals surface area contributed by atoms with E-state index in [9.17, 15) is 0 Å². The minimum Gasteiger partial charge on any atom is -0.381 e. The Balaban J connectivity index is 1.56. The van der Waals surface area contributed by atoms with Gasteiger partial charge in [-0.3, -0.25) is 0 Å². The van der Waals surface area contributed by atoms with Crippen molar-refractivity contribution in [3.8, 4) is 6.07 Å². The molecule has 2 saturated carbocycles. The molecule has 2 aliphatic carbocycles. The molecule has 0 amide bonds. The zero-order chi connectivity index (χ0) is 14.2. The second-order valence-corrected chi connectivity index (χ2v) is 6.97. The minimum atomic E-state index is 0.361. The highest BCUT2D eigenvalue weighted by molar-refractivity contribution is 4.87. The third-order valence-corrected chi connectivity index (χ3v) is 5.54. The Kier molecular flexibility index (Phi) is 6.87. The molecule has 0 aromatic carbocycles. The van der Waals surface area contributed by atoms with E-state index in [1.807, 2.05) is 0 Å². The van der Waals surface area contributed by atoms with Crippen LogP contribution in [0, 0.1) is 35.0 Å². The van der Waals surface area contributed by atoms with Crippen molar-refractivity contribution < 1.29 is 4.74 Å². The lowest BCUT2D eigenvalue weighted by molar-refractivity contribution is 0.0844. The normalized spacial score (nSPS) is 34.6. The Hall–Kier alpha value is -0.550. The van der Waals surface area contributed by atoms with Crippen molar-refractivity contribution in [3.63, 3.8) is 0 Å². The maximum Gasteiger partial charge on any atom is 0.0655 e. The SMILES string of the molecule is CCOCC1CCC(CC[C@H]2CC[C@H](C#N)CC2)CC1. The van der Waals surface area contributed by atoms with E-state index in [0.717, 1.165) is 43.8 Å². The van der Waals surface area contributed by atoms with Crippen LogP contribution >= 0.6 is 0 Å². The lowest BCUT2D eigenvalue weighted by Crippen LogP contribution is -2.20. The number of ether oxygens (including phenoxy) is 1. The molecule has 0 radical (unpaired) electrons. The molecule has 2 heteroatoms. The predicted molar refractivity (Wildman–Crippen MR) is 82.2 cm³/mol. The van der Waals surface area contributed by atoms with Gasteiger partial charge in [-0.2, -0.15) is 5.26 Å². The molecule has 0 heterocycles. The Morgan fingerprint density at radius 1 is 0.850 bits per heavy atom. The molecule has 2 nitrogen and oxygen atoms in total. The summed E-state index contributed by atoms with van der Waals surface area (Å²) in [5.74, 6) is 3.08. The first kappa shape index (κ1) is 15.8. The van der Waals surface area contributed by atoms with Crippen LogP contribution in [-0.4, -0.2) is 13.2 Å². The number of rotatable bonds is 6. The standard InChI is InChI=1S/C18H31NO/c1-2-20-14-18-11-7-16(8-12-18)4-3-15-5-9-17(13-19)10-6-15/h15-18H,2-12,14H2,1H3/t15-,16?,17-,18?. The average molecular weight is 277 g/mol. The van der Waals surface area contributed by atoms with Crippen LogP contribution in [0.2, 0.25) is 0 Å². The molecule has 2 fully saturated rings. The third-order valence-electron chi connectivity index (χ3n) is 5.54. The Morgan fingerprint density at radius 2 is 1.35 bits per heavy atom. The molecule has 114 valence electrons. The fourth-order valence-corrected chi connectivity index (χ4v) is 4.02. The van der Waals surface area contributed by atoms with Gasteiger partial charge >= 0.3 is 0 Å². The minimum absolute atomic E-state index is 0.361. The summed E-state index contributed by atoms with van der Waals surface area (Å²) in [6, 6.07) is 2.44. The molecule has 0 N–H and O–H groups in total. The first-order chi connectivity index (χ1) is 9.81. The van der Waals surface area contributed by atoms with Crippen molar-refractivity contribution in [2.45, 2.75) is 71.1 Å². The summed E-state index contributed by atoms with van der Waals surface area (Å²) in [7, 11) is 0. The monoisotopic (exact) mass is 277 g/mol. The molecule has 0 saturated heterocycles. The molecule has 0 aromatic rings. The highest BCUT2D eigenvalue weighted by atomic mass is 16.5. The van der Waals surface area contributed by atoms with Crippen molar-refractivity contribution in [1.29, 1.82) is 5.26 Å². The molecule has 0 spiro atoms. The van der Waals surface area contributed by atoms with E-state index in [-0.39, 0.29) is 0 Å². The highest BCUT2D eigenvalue weighted by Crippen LogP contribution is 2.36. The summed E-state index contributed by atoms with van der Waals surface area (Å²) in [4.78, 5) is 0. The van der Waals surface area contributed by atoms with Crippen molar-refractivity contribution in [2.24, 2.45) is 23.7 Å². The van der Waals surface area contributed by atoms with Gasteiger partial charge in [-0.05, 0) is 63.2 Å². The fraction of sp³-hybridized carbons (Fsp3) is 0.944. The smallest absolute Gasteiger partial charge is 0.0655 e. The van der Waals surface area contributed by atoms with Crippen molar-refractivity contribution in [2.75, 3.05) is 13.2 Å². The Bertz CT molecular complexity index is 293. The van der Waals surface area contributed by atoms with Crippen LogP contribution in [0.25, 0.3) is 0 Å². The predicted octanol–water partition coefficient (Wildman–Crippen LogP) is 4.94. The molecule has 0 unspecified atom stereocenters. The fourth-order valence-electron chi connectivity index (χ4n) is 4.02. The summed E-state index contributed by atoms with van der Waals surface area (Å²) in [6.07, 6.45) is 13.4. The third kappa shape index (κ3) is 5.09. The molecule has 0 bridgehead atoms. The van der Waals surface area contributed by atoms with Gasteiger partial charge in [0.2, 0.25) is 0 Å². The molecule has 2 rings (SSSR count). The van der Waals surface area contributed by atoms with Crippen LogP contribution in [0.3, 0.4) is 0 Å². The molecule has 0 aromatic heterocycles. The van der Waals surface area contributed by atoms with Gasteiger partial charge in [0.1, 0.15) is 0 Å². The maximum atomic E-state index is 8.94. The van der Waals surface area contributed by atoms with Gasteiger partial charge in [-0.1, -0.05) is 25.7 Å². The van der Waals surface area contributed by atoms with E-state index in [4.69, 9.17) is 10.00 Å². The van der Waals surface area contributed by atoms with Gasteiger partial charge in [-0.15, -0.1) is 0 Å². The largest absolute Gasteiger partial charge is 0.381 e. The van der Waals surface area contributed by atoms with E-state index >= 15 is 0 Å². The number of nitriles is 1. The topological polar surface area (TPSA) is 33.0 Å². The van der Waals surface area contributed by atoms with Crippen LogP contribution in [0.5, 0.6) is 0 Å². The van der Waals surface area contributed by atoms with Crippen molar-refractivity contribution in [1.82, 2.24) is 0 Å². The molecule has 0 aliphatic heterocycles. The summed E-state index contributed by atoms with van der Waals surface area (Å²) < 4.78 is 5.56. The Labute approximate surface area is 124 Å². The summed E-state index contributed by atoms with van der Waals surface area (Å²) in [6.45, 7) is 3.94. The van der Waals surface area contributed by atoms with Crippen LogP contribution in [0.15, 0.2) is 0 Å². The van der Waals surface area contributed by atoms with Gasteiger partial charge in [0.15, 0.2) is 0 Å². The molecular weight excluding hydrogens is 246 g/mol. The van der Waals surface area contributed by atoms with Crippen molar-refractivity contribution >= 4 is 0 Å². The second kappa shape index (κ2) is 8.67. The van der Waals surface area contributed by atoms with Crippen molar-refractivity contribution in [3.05, 3.63) is 0 Å². The van der Waals surface area contributed by atoms with Gasteiger partial charge in [-0.25, -0.2) is 0 Å². The maximum absolute atomic E-state index is 8.94. The number of hydrogen-bond donors (Lipinski definition) is 0. The molecular formula is C18H31NO. The van der Waals surface area contributed by atoms with Gasteiger partial charge in [0.05, 0.1) is 6.07 Å². The van der Waals surface area contributed by atoms with E-state index < -0.39 is 0 Å². The first-order valence-corrected chi connectivity index (χ1v) is 8.79. The number of nitrogens with zero attached hydrogens (tertiary/aromatic N) is 1. The summed E-state index contributed by atoms with van der Waals surface area (Å²) in [5.41, 5.74) is 0. The quantitative estimate of drug-likeness (QED) is 0.689. The van der Waals surface area contributed by atoms with E-state index in [1.54, 1.807) is 0 Å². The molecule has 0 atom stereocenters. The summed E-state index contributed by atoms with van der Waals surface area (Å²) in [5, 5.41) is 8.94. The molecule has 2 aliphatic rings. The van der Waals surface area contributed by atoms with Gasteiger partial charge in [0.25, 0.3) is 0 Å². The molecule has 20 heavy (non-hydrogen) atoms. The highest BCUT2D eigenvalue weighted by Gasteiger charge is 2.24. The summed E-state index contributed by atoms with van der Waals surface area (Å²) >= 11 is 0. The zero-order valence-corrected chi connectivity index (χ0v) is 13.2. The number of hydrogen-bond acceptors (Lipinski definition) is 2. The average Bonchev–Trinajstić information content (AvgIpc) is 2.52. The van der Waals surface area contributed by atoms with Crippen LogP contribution in [0.4, 0.5) is 0 Å². The lowest BCUT2D eigenvalue weighted by atomic mass is 9.76. The lowest BCUT2D eigenvalue weighted by Gasteiger charge is -2.30. The van der Waals surface area contributed by atoms with Gasteiger partial charge < -0.3 is 4.74 Å². The van der Waals surface area contributed by atoms with Crippen LogP contribution in [-0.2, 0) is 4.74 Å². The van der Waals surface area contributed by atoms with Gasteiger partial charge in [0, 0.05) is 19.1 Å². The van der Waals surface area contributed by atoms with E-state index in [2.05, 4.69) is 13.0 Å². The zero-order valence-electron chi connectivity index (χ0n) is 13.2. The second-order valence-electron chi connectivity index (χ2n) is 6.97. The first-order valence-electron chi connectivity index (χ1n) is 8.79. The van der Waals surface area contributed by atoms with Crippen LogP contribution in [0.1, 0.15) is 71.1 Å². The van der Waals surface area contributed by atoms with Crippen LogP contribution < -0.4 is 0 Å². The Morgan fingerprint density at radius 3 is 1.85 bits per heavy atom.